The van der Waals surface area contributed by atoms with Gasteiger partial charge >= 0.3 is 0 Å². The summed E-state index contributed by atoms with van der Waals surface area (Å²) in [6, 6.07) is 7.04. The van der Waals surface area contributed by atoms with Crippen LogP contribution in [0.2, 0.25) is 0 Å². The molecule has 0 amide bonds. The first kappa shape index (κ1) is 14.0. The van der Waals surface area contributed by atoms with E-state index in [4.69, 9.17) is 4.74 Å². The van der Waals surface area contributed by atoms with Gasteiger partial charge in [0.15, 0.2) is 0 Å². The number of benzene rings is 1. The SMILES string of the molecule is CC#CCCOc1ccc2c(c1)CCC2NCCC. The molecular weight excluding hydrogens is 234 g/mol. The fourth-order valence-electron chi connectivity index (χ4n) is 2.56. The van der Waals surface area contributed by atoms with Gasteiger partial charge in [0.2, 0.25) is 0 Å². The van der Waals surface area contributed by atoms with Crippen molar-refractivity contribution in [3.63, 3.8) is 0 Å². The number of hydrogen-bond donors (Lipinski definition) is 1. The van der Waals surface area contributed by atoms with Crippen LogP contribution in [0, 0.1) is 11.8 Å². The third-order valence-electron chi connectivity index (χ3n) is 3.51. The normalized spacial score (nSPS) is 16.6. The third kappa shape index (κ3) is 3.75. The lowest BCUT2D eigenvalue weighted by atomic mass is 10.1. The van der Waals surface area contributed by atoms with Crippen molar-refractivity contribution in [2.75, 3.05) is 13.2 Å². The van der Waals surface area contributed by atoms with E-state index < -0.39 is 0 Å². The number of fused-ring (bicyclic) bond motifs is 1. The Balaban J connectivity index is 1.94. The molecule has 2 nitrogen and oxygen atoms in total. The van der Waals surface area contributed by atoms with Gasteiger partial charge < -0.3 is 10.1 Å². The van der Waals surface area contributed by atoms with Gasteiger partial charge in [-0.1, -0.05) is 13.0 Å². The molecule has 1 aromatic carbocycles. The van der Waals surface area contributed by atoms with E-state index in [-0.39, 0.29) is 0 Å². The molecule has 1 atom stereocenters. The van der Waals surface area contributed by atoms with Gasteiger partial charge in [0, 0.05) is 12.5 Å². The van der Waals surface area contributed by atoms with E-state index in [1.165, 1.54) is 24.0 Å². The van der Waals surface area contributed by atoms with Crippen LogP contribution in [0.25, 0.3) is 0 Å². The molecule has 0 bridgehead atoms. The predicted molar refractivity (Wildman–Crippen MR) is 79.4 cm³/mol. The maximum atomic E-state index is 5.73. The Morgan fingerprint density at radius 3 is 3.11 bits per heavy atom. The highest BCUT2D eigenvalue weighted by molar-refractivity contribution is 5.40. The highest BCUT2D eigenvalue weighted by Gasteiger charge is 2.21. The van der Waals surface area contributed by atoms with Crippen LogP contribution in [-0.2, 0) is 6.42 Å². The van der Waals surface area contributed by atoms with Crippen LogP contribution in [0.4, 0.5) is 0 Å². The largest absolute Gasteiger partial charge is 0.493 e. The lowest BCUT2D eigenvalue weighted by Gasteiger charge is -2.13. The van der Waals surface area contributed by atoms with Crippen molar-refractivity contribution < 1.29 is 4.74 Å². The average Bonchev–Trinajstić information content (AvgIpc) is 2.84. The Morgan fingerprint density at radius 1 is 1.42 bits per heavy atom. The first-order valence-corrected chi connectivity index (χ1v) is 7.23. The fourth-order valence-corrected chi connectivity index (χ4v) is 2.56. The molecule has 0 saturated heterocycles. The first-order chi connectivity index (χ1) is 9.35. The van der Waals surface area contributed by atoms with Gasteiger partial charge in [0.25, 0.3) is 0 Å². The van der Waals surface area contributed by atoms with Crippen LogP contribution in [0.1, 0.15) is 50.3 Å². The van der Waals surface area contributed by atoms with Crippen molar-refractivity contribution in [3.8, 4) is 17.6 Å². The quantitative estimate of drug-likeness (QED) is 0.622. The van der Waals surface area contributed by atoms with Crippen molar-refractivity contribution in [2.24, 2.45) is 0 Å². The second-order valence-electron chi connectivity index (χ2n) is 4.93. The van der Waals surface area contributed by atoms with Crippen LogP contribution in [0.5, 0.6) is 5.75 Å². The standard InChI is InChI=1S/C17H23NO/c1-3-5-6-12-19-15-8-9-16-14(13-15)7-10-17(16)18-11-4-2/h8-9,13,17-18H,4,6-7,10-12H2,1-2H3. The summed E-state index contributed by atoms with van der Waals surface area (Å²) in [5.74, 6) is 6.88. The maximum absolute atomic E-state index is 5.73. The summed E-state index contributed by atoms with van der Waals surface area (Å²) in [5.41, 5.74) is 2.89. The Hall–Kier alpha value is -1.46. The number of rotatable bonds is 6. The molecule has 0 fully saturated rings. The van der Waals surface area contributed by atoms with E-state index in [0.29, 0.717) is 12.6 Å². The monoisotopic (exact) mass is 257 g/mol. The molecule has 102 valence electrons. The van der Waals surface area contributed by atoms with Crippen molar-refractivity contribution >= 4 is 0 Å². The molecule has 0 aliphatic heterocycles. The lowest BCUT2D eigenvalue weighted by Crippen LogP contribution is -2.19. The highest BCUT2D eigenvalue weighted by atomic mass is 16.5. The summed E-state index contributed by atoms with van der Waals surface area (Å²) in [6.07, 6.45) is 4.35. The summed E-state index contributed by atoms with van der Waals surface area (Å²) < 4.78 is 5.73. The predicted octanol–water partition coefficient (Wildman–Crippen LogP) is 3.47. The molecule has 0 heterocycles. The van der Waals surface area contributed by atoms with Crippen LogP contribution in [-0.4, -0.2) is 13.2 Å². The van der Waals surface area contributed by atoms with E-state index in [9.17, 15) is 0 Å². The Labute approximate surface area is 116 Å². The van der Waals surface area contributed by atoms with Crippen molar-refractivity contribution in [3.05, 3.63) is 29.3 Å². The molecule has 1 aliphatic rings. The number of ether oxygens (including phenoxy) is 1. The van der Waals surface area contributed by atoms with Crippen LogP contribution in [0.3, 0.4) is 0 Å². The summed E-state index contributed by atoms with van der Waals surface area (Å²) >= 11 is 0. The van der Waals surface area contributed by atoms with E-state index in [2.05, 4.69) is 42.3 Å². The smallest absolute Gasteiger partial charge is 0.119 e. The second-order valence-corrected chi connectivity index (χ2v) is 4.93. The number of hydrogen-bond acceptors (Lipinski definition) is 2. The van der Waals surface area contributed by atoms with Crippen LogP contribution >= 0.6 is 0 Å². The maximum Gasteiger partial charge on any atom is 0.119 e. The van der Waals surface area contributed by atoms with Gasteiger partial charge in [-0.15, -0.1) is 11.8 Å². The zero-order chi connectivity index (χ0) is 13.5. The minimum atomic E-state index is 0.537. The molecule has 2 rings (SSSR count). The molecule has 0 spiro atoms. The summed E-state index contributed by atoms with van der Waals surface area (Å²) in [5, 5.41) is 3.61. The zero-order valence-electron chi connectivity index (χ0n) is 12.0. The van der Waals surface area contributed by atoms with E-state index >= 15 is 0 Å². The Kier molecular flexibility index (Phi) is 5.30. The van der Waals surface area contributed by atoms with E-state index in [0.717, 1.165) is 25.1 Å². The number of nitrogens with one attached hydrogen (secondary N) is 1. The van der Waals surface area contributed by atoms with E-state index in [1.54, 1.807) is 0 Å². The summed E-state index contributed by atoms with van der Waals surface area (Å²) in [4.78, 5) is 0. The molecule has 0 aromatic heterocycles. The molecule has 0 radical (unpaired) electrons. The van der Waals surface area contributed by atoms with E-state index in [1.807, 2.05) is 6.92 Å². The van der Waals surface area contributed by atoms with Gasteiger partial charge in [-0.25, -0.2) is 0 Å². The second kappa shape index (κ2) is 7.21. The Bertz CT molecular complexity index is 470. The third-order valence-corrected chi connectivity index (χ3v) is 3.51. The van der Waals surface area contributed by atoms with Crippen LogP contribution < -0.4 is 10.1 Å². The molecule has 1 N–H and O–H groups in total. The van der Waals surface area contributed by atoms with Gasteiger partial charge in [0.1, 0.15) is 5.75 Å². The summed E-state index contributed by atoms with van der Waals surface area (Å²) in [7, 11) is 0. The van der Waals surface area contributed by atoms with Crippen LogP contribution in [0.15, 0.2) is 18.2 Å². The van der Waals surface area contributed by atoms with Gasteiger partial charge in [-0.3, -0.25) is 0 Å². The Morgan fingerprint density at radius 2 is 2.32 bits per heavy atom. The minimum absolute atomic E-state index is 0.537. The molecule has 1 aliphatic carbocycles. The zero-order valence-corrected chi connectivity index (χ0v) is 12.0. The molecular formula is C17H23NO. The first-order valence-electron chi connectivity index (χ1n) is 7.23. The van der Waals surface area contributed by atoms with Gasteiger partial charge in [0.05, 0.1) is 6.61 Å². The minimum Gasteiger partial charge on any atom is -0.493 e. The van der Waals surface area contributed by atoms with Gasteiger partial charge in [-0.2, -0.15) is 0 Å². The number of aryl methyl sites for hydroxylation is 1. The fraction of sp³-hybridized carbons (Fsp3) is 0.529. The summed E-state index contributed by atoms with van der Waals surface area (Å²) in [6.45, 7) is 5.84. The van der Waals surface area contributed by atoms with Crippen molar-refractivity contribution in [2.45, 2.75) is 45.6 Å². The molecule has 1 aromatic rings. The topological polar surface area (TPSA) is 21.3 Å². The van der Waals surface area contributed by atoms with Gasteiger partial charge in [-0.05, 0) is 56.0 Å². The molecule has 1 unspecified atom stereocenters. The van der Waals surface area contributed by atoms with Crippen molar-refractivity contribution in [1.82, 2.24) is 5.32 Å². The van der Waals surface area contributed by atoms with Crippen molar-refractivity contribution in [1.29, 1.82) is 0 Å². The average molecular weight is 257 g/mol. The molecule has 19 heavy (non-hydrogen) atoms. The highest BCUT2D eigenvalue weighted by Crippen LogP contribution is 2.33. The molecule has 2 heteroatoms. The lowest BCUT2D eigenvalue weighted by molar-refractivity contribution is 0.327. The molecule has 0 saturated carbocycles.